The van der Waals surface area contributed by atoms with Gasteiger partial charge in [-0.3, -0.25) is 4.79 Å². The zero-order chi connectivity index (χ0) is 7.72. The van der Waals surface area contributed by atoms with Crippen molar-refractivity contribution in [3.05, 3.63) is 0 Å². The van der Waals surface area contributed by atoms with E-state index in [4.69, 9.17) is 0 Å². The first-order valence-electron chi connectivity index (χ1n) is 3.43. The van der Waals surface area contributed by atoms with Crippen molar-refractivity contribution in [1.29, 1.82) is 0 Å². The Morgan fingerprint density at radius 3 is 2.80 bits per heavy atom. The van der Waals surface area contributed by atoms with E-state index < -0.39 is 0 Å². The van der Waals surface area contributed by atoms with Crippen molar-refractivity contribution < 1.29 is 4.79 Å². The van der Waals surface area contributed by atoms with Gasteiger partial charge in [-0.25, -0.2) is 5.01 Å². The summed E-state index contributed by atoms with van der Waals surface area (Å²) in [5, 5.41) is 5.43. The van der Waals surface area contributed by atoms with Crippen LogP contribution >= 0.6 is 0 Å². The molecule has 0 aromatic rings. The fourth-order valence-electron chi connectivity index (χ4n) is 1.20. The van der Waals surface area contributed by atoms with Crippen LogP contribution in [0.4, 0.5) is 0 Å². The summed E-state index contributed by atoms with van der Waals surface area (Å²) in [6, 6.07) is 0. The minimum Gasteiger partial charge on any atom is -0.273 e. The Labute approximate surface area is 60.7 Å². The first kappa shape index (κ1) is 7.25. The number of hydrazone groups is 1. The molecular weight excluding hydrogens is 128 g/mol. The van der Waals surface area contributed by atoms with E-state index >= 15 is 0 Å². The predicted molar refractivity (Wildman–Crippen MR) is 39.7 cm³/mol. The van der Waals surface area contributed by atoms with E-state index in [1.165, 1.54) is 5.01 Å². The van der Waals surface area contributed by atoms with Crippen molar-refractivity contribution in [3.8, 4) is 0 Å². The molecule has 0 aromatic heterocycles. The van der Waals surface area contributed by atoms with Crippen molar-refractivity contribution in [2.45, 2.75) is 20.3 Å². The predicted octanol–water partition coefficient (Wildman–Crippen LogP) is 0.861. The lowest BCUT2D eigenvalue weighted by Gasteiger charge is -2.22. The molecule has 0 aliphatic carbocycles. The van der Waals surface area contributed by atoms with Crippen molar-refractivity contribution in [2.75, 3.05) is 7.05 Å². The summed E-state index contributed by atoms with van der Waals surface area (Å²) in [4.78, 5) is 11.1. The third-order valence-corrected chi connectivity index (χ3v) is 1.66. The highest BCUT2D eigenvalue weighted by Crippen LogP contribution is 2.13. The summed E-state index contributed by atoms with van der Waals surface area (Å²) in [5.74, 6) is 0.230. The zero-order valence-corrected chi connectivity index (χ0v) is 6.59. The molecule has 1 rings (SSSR count). The standard InChI is InChI=1S/C7H12N2O/c1-5-4-6(2)8-9(3)7(5)10/h5H,4H2,1-3H3. The van der Waals surface area contributed by atoms with Gasteiger partial charge in [0.25, 0.3) is 0 Å². The number of rotatable bonds is 0. The number of hydrogen-bond donors (Lipinski definition) is 0. The van der Waals surface area contributed by atoms with Crippen LogP contribution in [0.2, 0.25) is 0 Å². The Morgan fingerprint density at radius 1 is 1.70 bits per heavy atom. The van der Waals surface area contributed by atoms with Gasteiger partial charge in [-0.05, 0) is 13.3 Å². The highest BCUT2D eigenvalue weighted by Gasteiger charge is 2.22. The summed E-state index contributed by atoms with van der Waals surface area (Å²) in [5.41, 5.74) is 1.04. The number of amides is 1. The topological polar surface area (TPSA) is 32.7 Å². The van der Waals surface area contributed by atoms with Gasteiger partial charge in [-0.2, -0.15) is 5.10 Å². The molecule has 1 heterocycles. The molecule has 1 aliphatic heterocycles. The molecule has 3 nitrogen and oxygen atoms in total. The minimum absolute atomic E-state index is 0.113. The van der Waals surface area contributed by atoms with Gasteiger partial charge in [-0.15, -0.1) is 0 Å². The van der Waals surface area contributed by atoms with E-state index in [2.05, 4.69) is 5.10 Å². The van der Waals surface area contributed by atoms with Gasteiger partial charge in [0.2, 0.25) is 5.91 Å². The highest BCUT2D eigenvalue weighted by atomic mass is 16.2. The van der Waals surface area contributed by atoms with Crippen molar-refractivity contribution in [2.24, 2.45) is 11.0 Å². The van der Waals surface area contributed by atoms with Gasteiger partial charge in [0, 0.05) is 18.7 Å². The molecule has 1 amide bonds. The molecule has 1 aliphatic rings. The van der Waals surface area contributed by atoms with Gasteiger partial charge in [0.1, 0.15) is 0 Å². The summed E-state index contributed by atoms with van der Waals surface area (Å²) in [6.07, 6.45) is 0.809. The molecule has 0 bridgehead atoms. The second-order valence-corrected chi connectivity index (χ2v) is 2.80. The average Bonchev–Trinajstić information content (AvgIpc) is 1.82. The van der Waals surface area contributed by atoms with Crippen LogP contribution in [0.15, 0.2) is 5.10 Å². The van der Waals surface area contributed by atoms with Crippen molar-refractivity contribution in [3.63, 3.8) is 0 Å². The molecule has 0 saturated heterocycles. The van der Waals surface area contributed by atoms with E-state index in [1.54, 1.807) is 7.05 Å². The van der Waals surface area contributed by atoms with Crippen LogP contribution in [-0.4, -0.2) is 23.7 Å². The fourth-order valence-corrected chi connectivity index (χ4v) is 1.20. The molecule has 0 radical (unpaired) electrons. The minimum atomic E-state index is 0.113. The van der Waals surface area contributed by atoms with E-state index in [0.29, 0.717) is 0 Å². The SMILES string of the molecule is CC1=NN(C)C(=O)C(C)C1. The Balaban J connectivity index is 2.79. The second-order valence-electron chi connectivity index (χ2n) is 2.80. The lowest BCUT2D eigenvalue weighted by molar-refractivity contribution is -0.134. The molecule has 0 saturated carbocycles. The third-order valence-electron chi connectivity index (χ3n) is 1.66. The summed E-state index contributed by atoms with van der Waals surface area (Å²) in [7, 11) is 1.70. The van der Waals surface area contributed by atoms with Crippen molar-refractivity contribution >= 4 is 11.6 Å². The molecule has 0 aromatic carbocycles. The van der Waals surface area contributed by atoms with Gasteiger partial charge >= 0.3 is 0 Å². The second kappa shape index (κ2) is 2.40. The van der Waals surface area contributed by atoms with Crippen molar-refractivity contribution in [1.82, 2.24) is 5.01 Å². The molecule has 3 heteroatoms. The third kappa shape index (κ3) is 1.17. The fraction of sp³-hybridized carbons (Fsp3) is 0.714. The van der Waals surface area contributed by atoms with E-state index in [1.807, 2.05) is 13.8 Å². The first-order chi connectivity index (χ1) is 4.61. The number of carbonyl (C=O) groups is 1. The number of nitrogens with zero attached hydrogens (tertiary/aromatic N) is 2. The molecule has 1 atom stereocenters. The highest BCUT2D eigenvalue weighted by molar-refractivity contribution is 5.92. The van der Waals surface area contributed by atoms with Gasteiger partial charge < -0.3 is 0 Å². The van der Waals surface area contributed by atoms with Gasteiger partial charge in [0.05, 0.1) is 0 Å². The normalized spacial score (nSPS) is 26.7. The molecule has 56 valence electrons. The molecule has 10 heavy (non-hydrogen) atoms. The molecule has 1 unspecified atom stereocenters. The van der Waals surface area contributed by atoms with Crippen LogP contribution < -0.4 is 0 Å². The average molecular weight is 140 g/mol. The largest absolute Gasteiger partial charge is 0.273 e. The van der Waals surface area contributed by atoms with E-state index in [-0.39, 0.29) is 11.8 Å². The Bertz CT molecular complexity index is 186. The van der Waals surface area contributed by atoms with Crippen LogP contribution in [0, 0.1) is 5.92 Å². The maximum absolute atomic E-state index is 11.1. The maximum Gasteiger partial charge on any atom is 0.245 e. The Kier molecular flexibility index (Phi) is 1.74. The lowest BCUT2D eigenvalue weighted by atomic mass is 10.0. The lowest BCUT2D eigenvalue weighted by Crippen LogP contribution is -2.33. The maximum atomic E-state index is 11.1. The van der Waals surface area contributed by atoms with Gasteiger partial charge in [0.15, 0.2) is 0 Å². The quantitative estimate of drug-likeness (QED) is 0.491. The van der Waals surface area contributed by atoms with E-state index in [0.717, 1.165) is 12.1 Å². The van der Waals surface area contributed by atoms with Gasteiger partial charge in [-0.1, -0.05) is 6.92 Å². The Hall–Kier alpha value is -0.860. The van der Waals surface area contributed by atoms with Crippen LogP contribution in [0.1, 0.15) is 20.3 Å². The molecular formula is C7H12N2O. The Morgan fingerprint density at radius 2 is 2.30 bits per heavy atom. The number of hydrogen-bond acceptors (Lipinski definition) is 2. The van der Waals surface area contributed by atoms with Crippen LogP contribution in [0.25, 0.3) is 0 Å². The monoisotopic (exact) mass is 140 g/mol. The molecule has 0 fully saturated rings. The molecule has 0 spiro atoms. The van der Waals surface area contributed by atoms with Crippen LogP contribution in [0.3, 0.4) is 0 Å². The van der Waals surface area contributed by atoms with Crippen LogP contribution in [-0.2, 0) is 4.79 Å². The molecule has 0 N–H and O–H groups in total. The number of carbonyl (C=O) groups excluding carboxylic acids is 1. The smallest absolute Gasteiger partial charge is 0.245 e. The summed E-state index contributed by atoms with van der Waals surface area (Å²) < 4.78 is 0. The first-order valence-corrected chi connectivity index (χ1v) is 3.43. The summed E-state index contributed by atoms with van der Waals surface area (Å²) in [6.45, 7) is 3.87. The zero-order valence-electron chi connectivity index (χ0n) is 6.59. The van der Waals surface area contributed by atoms with E-state index in [9.17, 15) is 4.79 Å². The summed E-state index contributed by atoms with van der Waals surface area (Å²) >= 11 is 0. The van der Waals surface area contributed by atoms with Crippen LogP contribution in [0.5, 0.6) is 0 Å².